The predicted octanol–water partition coefficient (Wildman–Crippen LogP) is 2.91. The Bertz CT molecular complexity index is 609. The highest BCUT2D eigenvalue weighted by atomic mass is 14.9. The van der Waals surface area contributed by atoms with Crippen molar-refractivity contribution in [2.45, 2.75) is 37.6 Å². The number of rotatable bonds is 4. The van der Waals surface area contributed by atoms with E-state index in [1.807, 2.05) is 12.3 Å². The molecular formula is C18H23N3. The summed E-state index contributed by atoms with van der Waals surface area (Å²) in [4.78, 5) is 4.21. The summed E-state index contributed by atoms with van der Waals surface area (Å²) in [7, 11) is 2.05. The molecule has 1 aliphatic rings. The van der Waals surface area contributed by atoms with Gasteiger partial charge in [-0.1, -0.05) is 24.3 Å². The first-order valence-corrected chi connectivity index (χ1v) is 7.73. The molecule has 0 amide bonds. The summed E-state index contributed by atoms with van der Waals surface area (Å²) in [6.07, 6.45) is 8.29. The largest absolute Gasteiger partial charge is 0.398 e. The van der Waals surface area contributed by atoms with Crippen molar-refractivity contribution in [3.8, 4) is 0 Å². The number of hydrogen-bond donors (Lipinski definition) is 2. The number of nitrogen functional groups attached to an aromatic ring is 1. The van der Waals surface area contributed by atoms with Gasteiger partial charge in [0, 0.05) is 24.1 Å². The first-order valence-electron chi connectivity index (χ1n) is 7.73. The van der Waals surface area contributed by atoms with Crippen LogP contribution >= 0.6 is 0 Å². The Labute approximate surface area is 126 Å². The Balaban J connectivity index is 1.86. The third-order valence-corrected chi connectivity index (χ3v) is 4.65. The van der Waals surface area contributed by atoms with Gasteiger partial charge in [0.05, 0.1) is 0 Å². The van der Waals surface area contributed by atoms with Gasteiger partial charge in [-0.3, -0.25) is 4.98 Å². The zero-order valence-electron chi connectivity index (χ0n) is 12.5. The number of pyridine rings is 1. The van der Waals surface area contributed by atoms with Crippen LogP contribution in [-0.2, 0) is 12.8 Å². The van der Waals surface area contributed by atoms with Crippen LogP contribution in [-0.4, -0.2) is 18.1 Å². The highest BCUT2D eigenvalue weighted by Gasteiger charge is 2.27. The molecule has 0 saturated heterocycles. The van der Waals surface area contributed by atoms with E-state index in [9.17, 15) is 0 Å². The zero-order chi connectivity index (χ0) is 14.7. The number of aryl methyl sites for hydroxylation is 1. The molecule has 0 radical (unpaired) electrons. The van der Waals surface area contributed by atoms with Crippen LogP contribution in [0.4, 0.5) is 5.69 Å². The number of benzene rings is 1. The molecule has 3 rings (SSSR count). The molecule has 1 aromatic heterocycles. The summed E-state index contributed by atoms with van der Waals surface area (Å²) >= 11 is 0. The number of nitrogens with one attached hydrogen (secondary N) is 1. The van der Waals surface area contributed by atoms with Crippen LogP contribution in [0.25, 0.3) is 0 Å². The Hall–Kier alpha value is -1.87. The number of nitrogens with zero attached hydrogens (tertiary/aromatic N) is 1. The average Bonchev–Trinajstić information content (AvgIpc) is 2.54. The molecule has 0 saturated carbocycles. The first kappa shape index (κ1) is 14.1. The number of aromatic nitrogens is 1. The molecule has 0 aliphatic heterocycles. The molecule has 3 N–H and O–H groups in total. The molecule has 1 aliphatic carbocycles. The summed E-state index contributed by atoms with van der Waals surface area (Å²) in [5.41, 5.74) is 11.1. The fourth-order valence-electron chi connectivity index (χ4n) is 3.50. The normalized spacial score (nSPS) is 19.0. The standard InChI is InChI=1S/C18H23N3/c1-20-18(11-14-12-21-10-9-17(14)19)16-8-4-6-13-5-2-3-7-15(13)16/h2-3,5,7,9-10,12,16,18,20H,4,6,8,11H2,1H3,(H2,19,21). The maximum Gasteiger partial charge on any atom is 0.0378 e. The lowest BCUT2D eigenvalue weighted by molar-refractivity contribution is 0.411. The highest BCUT2D eigenvalue weighted by Crippen LogP contribution is 2.35. The van der Waals surface area contributed by atoms with Crippen molar-refractivity contribution < 1.29 is 0 Å². The summed E-state index contributed by atoms with van der Waals surface area (Å²) in [5, 5.41) is 3.51. The van der Waals surface area contributed by atoms with E-state index < -0.39 is 0 Å². The van der Waals surface area contributed by atoms with Crippen molar-refractivity contribution in [1.82, 2.24) is 10.3 Å². The van der Waals surface area contributed by atoms with Crippen LogP contribution in [0, 0.1) is 0 Å². The second-order valence-electron chi connectivity index (χ2n) is 5.87. The molecule has 21 heavy (non-hydrogen) atoms. The minimum Gasteiger partial charge on any atom is -0.398 e. The fourth-order valence-corrected chi connectivity index (χ4v) is 3.50. The Morgan fingerprint density at radius 2 is 2.19 bits per heavy atom. The molecule has 2 unspecified atom stereocenters. The zero-order valence-corrected chi connectivity index (χ0v) is 12.5. The van der Waals surface area contributed by atoms with Gasteiger partial charge in [0.2, 0.25) is 0 Å². The van der Waals surface area contributed by atoms with Crippen LogP contribution in [0.15, 0.2) is 42.7 Å². The molecule has 0 bridgehead atoms. The van der Waals surface area contributed by atoms with Crippen molar-refractivity contribution >= 4 is 5.69 Å². The van der Waals surface area contributed by atoms with Crippen LogP contribution in [0.1, 0.15) is 35.4 Å². The third kappa shape index (κ3) is 2.93. The summed E-state index contributed by atoms with van der Waals surface area (Å²) in [6.45, 7) is 0. The lowest BCUT2D eigenvalue weighted by atomic mass is 9.77. The van der Waals surface area contributed by atoms with Crippen molar-refractivity contribution in [2.75, 3.05) is 12.8 Å². The molecule has 3 nitrogen and oxygen atoms in total. The van der Waals surface area contributed by atoms with E-state index in [2.05, 4.69) is 41.6 Å². The van der Waals surface area contributed by atoms with Crippen molar-refractivity contribution in [2.24, 2.45) is 0 Å². The minimum absolute atomic E-state index is 0.401. The average molecular weight is 281 g/mol. The number of nitrogens with two attached hydrogens (primary N) is 1. The summed E-state index contributed by atoms with van der Waals surface area (Å²) in [5.74, 6) is 0.555. The second kappa shape index (κ2) is 6.27. The SMILES string of the molecule is CNC(Cc1cnccc1N)C1CCCc2ccccc21. The van der Waals surface area contributed by atoms with Gasteiger partial charge in [0.25, 0.3) is 0 Å². The first-order chi connectivity index (χ1) is 10.3. The molecule has 110 valence electrons. The Morgan fingerprint density at radius 3 is 3.00 bits per heavy atom. The van der Waals surface area contributed by atoms with E-state index in [4.69, 9.17) is 5.73 Å². The van der Waals surface area contributed by atoms with Gasteiger partial charge in [-0.2, -0.15) is 0 Å². The Kier molecular flexibility index (Phi) is 4.20. The molecule has 2 aromatic rings. The van der Waals surface area contributed by atoms with Gasteiger partial charge >= 0.3 is 0 Å². The van der Waals surface area contributed by atoms with E-state index in [0.717, 1.165) is 17.7 Å². The number of fused-ring (bicyclic) bond motifs is 1. The molecule has 0 fully saturated rings. The molecule has 2 atom stereocenters. The summed E-state index contributed by atoms with van der Waals surface area (Å²) < 4.78 is 0. The van der Waals surface area contributed by atoms with Crippen LogP contribution in [0.5, 0.6) is 0 Å². The number of hydrogen-bond acceptors (Lipinski definition) is 3. The monoisotopic (exact) mass is 281 g/mol. The van der Waals surface area contributed by atoms with Crippen molar-refractivity contribution in [3.05, 3.63) is 59.4 Å². The van der Waals surface area contributed by atoms with Gasteiger partial charge in [-0.05, 0) is 61.4 Å². The summed E-state index contributed by atoms with van der Waals surface area (Å²) in [6, 6.07) is 11.1. The molecule has 0 spiro atoms. The minimum atomic E-state index is 0.401. The lowest BCUT2D eigenvalue weighted by Gasteiger charge is -2.32. The third-order valence-electron chi connectivity index (χ3n) is 4.65. The van der Waals surface area contributed by atoms with Crippen molar-refractivity contribution in [1.29, 1.82) is 0 Å². The van der Waals surface area contributed by atoms with E-state index in [-0.39, 0.29) is 0 Å². The predicted molar refractivity (Wildman–Crippen MR) is 87.3 cm³/mol. The van der Waals surface area contributed by atoms with Gasteiger partial charge in [-0.15, -0.1) is 0 Å². The maximum atomic E-state index is 6.08. The van der Waals surface area contributed by atoms with E-state index >= 15 is 0 Å². The quantitative estimate of drug-likeness (QED) is 0.906. The number of anilines is 1. The van der Waals surface area contributed by atoms with Crippen LogP contribution < -0.4 is 11.1 Å². The molecular weight excluding hydrogens is 258 g/mol. The van der Waals surface area contributed by atoms with Gasteiger partial charge < -0.3 is 11.1 Å². The molecule has 1 heterocycles. The van der Waals surface area contributed by atoms with Gasteiger partial charge in [0.1, 0.15) is 0 Å². The van der Waals surface area contributed by atoms with Gasteiger partial charge in [0.15, 0.2) is 0 Å². The fraction of sp³-hybridized carbons (Fsp3) is 0.389. The van der Waals surface area contributed by atoms with E-state index in [1.165, 1.54) is 30.4 Å². The molecule has 3 heteroatoms. The van der Waals surface area contributed by atoms with Crippen molar-refractivity contribution in [3.63, 3.8) is 0 Å². The topological polar surface area (TPSA) is 50.9 Å². The van der Waals surface area contributed by atoms with Crippen LogP contribution in [0.3, 0.4) is 0 Å². The van der Waals surface area contributed by atoms with E-state index in [0.29, 0.717) is 12.0 Å². The smallest absolute Gasteiger partial charge is 0.0378 e. The molecule has 1 aromatic carbocycles. The van der Waals surface area contributed by atoms with Crippen LogP contribution in [0.2, 0.25) is 0 Å². The van der Waals surface area contributed by atoms with E-state index in [1.54, 1.807) is 6.20 Å². The number of likely N-dealkylation sites (N-methyl/N-ethyl adjacent to an activating group) is 1. The highest BCUT2D eigenvalue weighted by molar-refractivity contribution is 5.45. The maximum absolute atomic E-state index is 6.08. The van der Waals surface area contributed by atoms with Gasteiger partial charge in [-0.25, -0.2) is 0 Å². The lowest BCUT2D eigenvalue weighted by Crippen LogP contribution is -2.36. The second-order valence-corrected chi connectivity index (χ2v) is 5.87. The Morgan fingerprint density at radius 1 is 1.33 bits per heavy atom.